The van der Waals surface area contributed by atoms with E-state index in [0.717, 1.165) is 22.7 Å². The maximum Gasteiger partial charge on any atom is 0.124 e. The molecule has 1 aliphatic rings. The molecule has 0 bridgehead atoms. The molecule has 0 radical (unpaired) electrons. The van der Waals surface area contributed by atoms with Crippen molar-refractivity contribution in [2.45, 2.75) is 25.9 Å². The molecule has 0 spiro atoms. The van der Waals surface area contributed by atoms with E-state index in [0.29, 0.717) is 6.04 Å². The van der Waals surface area contributed by atoms with Gasteiger partial charge >= 0.3 is 0 Å². The van der Waals surface area contributed by atoms with E-state index in [4.69, 9.17) is 4.74 Å². The highest BCUT2D eigenvalue weighted by molar-refractivity contribution is 9.10. The third-order valence-corrected chi connectivity index (χ3v) is 3.41. The van der Waals surface area contributed by atoms with Crippen LogP contribution in [-0.4, -0.2) is 13.2 Å². The minimum absolute atomic E-state index is 0.707. The molecule has 1 aromatic rings. The van der Waals surface area contributed by atoms with Crippen LogP contribution in [0.25, 0.3) is 0 Å². The van der Waals surface area contributed by atoms with Crippen molar-refractivity contribution in [3.05, 3.63) is 28.2 Å². The molecule has 1 saturated carbocycles. The van der Waals surface area contributed by atoms with Gasteiger partial charge in [0.2, 0.25) is 0 Å². The molecule has 1 fully saturated rings. The van der Waals surface area contributed by atoms with Crippen LogP contribution in [0, 0.1) is 5.92 Å². The first-order valence-corrected chi connectivity index (χ1v) is 6.06. The van der Waals surface area contributed by atoms with E-state index in [1.165, 1.54) is 12.0 Å². The zero-order chi connectivity index (χ0) is 10.8. The fourth-order valence-corrected chi connectivity index (χ4v) is 2.05. The van der Waals surface area contributed by atoms with Crippen LogP contribution in [0.1, 0.15) is 18.9 Å². The van der Waals surface area contributed by atoms with E-state index in [1.54, 1.807) is 7.11 Å². The minimum Gasteiger partial charge on any atom is -0.496 e. The van der Waals surface area contributed by atoms with Gasteiger partial charge in [0.25, 0.3) is 0 Å². The molecule has 2 nitrogen and oxygen atoms in total. The summed E-state index contributed by atoms with van der Waals surface area (Å²) in [5.74, 6) is 1.79. The molecule has 0 heterocycles. The van der Waals surface area contributed by atoms with Gasteiger partial charge in [0.1, 0.15) is 5.75 Å². The summed E-state index contributed by atoms with van der Waals surface area (Å²) in [6.07, 6.45) is 1.30. The number of methoxy groups -OCH3 is 1. The number of nitrogens with one attached hydrogen (secondary N) is 1. The van der Waals surface area contributed by atoms with Gasteiger partial charge in [-0.3, -0.25) is 0 Å². The Kier molecular flexibility index (Phi) is 3.32. The SMILES string of the molecule is COc1cc(Br)ccc1CNC1CC1C. The molecule has 3 heteroatoms. The molecule has 2 atom stereocenters. The van der Waals surface area contributed by atoms with Crippen molar-refractivity contribution in [3.63, 3.8) is 0 Å². The quantitative estimate of drug-likeness (QED) is 0.908. The van der Waals surface area contributed by atoms with Gasteiger partial charge in [-0.25, -0.2) is 0 Å². The fourth-order valence-electron chi connectivity index (χ4n) is 1.71. The molecule has 1 aromatic carbocycles. The average Bonchev–Trinajstić information content (AvgIpc) is 2.92. The van der Waals surface area contributed by atoms with Crippen molar-refractivity contribution in [3.8, 4) is 5.75 Å². The van der Waals surface area contributed by atoms with Crippen molar-refractivity contribution in [2.24, 2.45) is 5.92 Å². The van der Waals surface area contributed by atoms with Gasteiger partial charge in [-0.15, -0.1) is 0 Å². The first-order chi connectivity index (χ1) is 7.20. The van der Waals surface area contributed by atoms with Gasteiger partial charge in [0.15, 0.2) is 0 Å². The van der Waals surface area contributed by atoms with Crippen molar-refractivity contribution < 1.29 is 4.74 Å². The predicted molar refractivity (Wildman–Crippen MR) is 65.1 cm³/mol. The molecule has 0 aromatic heterocycles. The normalized spacial score (nSPS) is 23.9. The van der Waals surface area contributed by atoms with Crippen LogP contribution in [0.2, 0.25) is 0 Å². The Labute approximate surface area is 99.1 Å². The van der Waals surface area contributed by atoms with E-state index in [1.807, 2.05) is 6.07 Å². The van der Waals surface area contributed by atoms with Gasteiger partial charge in [-0.1, -0.05) is 28.9 Å². The lowest BCUT2D eigenvalue weighted by molar-refractivity contribution is 0.407. The number of hydrogen-bond donors (Lipinski definition) is 1. The third kappa shape index (κ3) is 2.73. The highest BCUT2D eigenvalue weighted by atomic mass is 79.9. The van der Waals surface area contributed by atoms with E-state index < -0.39 is 0 Å². The molecule has 0 amide bonds. The Morgan fingerprint density at radius 3 is 2.87 bits per heavy atom. The lowest BCUT2D eigenvalue weighted by Gasteiger charge is -2.09. The van der Waals surface area contributed by atoms with Gasteiger partial charge < -0.3 is 10.1 Å². The molecule has 1 aliphatic carbocycles. The monoisotopic (exact) mass is 269 g/mol. The Morgan fingerprint density at radius 2 is 2.27 bits per heavy atom. The van der Waals surface area contributed by atoms with Crippen LogP contribution < -0.4 is 10.1 Å². The highest BCUT2D eigenvalue weighted by Gasteiger charge is 2.31. The standard InChI is InChI=1S/C12H16BrNO/c1-8-5-11(8)14-7-9-3-4-10(13)6-12(9)15-2/h3-4,6,8,11,14H,5,7H2,1-2H3. The van der Waals surface area contributed by atoms with Gasteiger partial charge in [-0.2, -0.15) is 0 Å². The molecule has 0 saturated heterocycles. The molecule has 82 valence electrons. The first kappa shape index (κ1) is 11.0. The first-order valence-electron chi connectivity index (χ1n) is 5.26. The van der Waals surface area contributed by atoms with Crippen LogP contribution in [0.5, 0.6) is 5.75 Å². The highest BCUT2D eigenvalue weighted by Crippen LogP contribution is 2.30. The second-order valence-corrected chi connectivity index (χ2v) is 5.07. The number of halogens is 1. The summed E-state index contributed by atoms with van der Waals surface area (Å²) < 4.78 is 6.39. The second kappa shape index (κ2) is 4.54. The van der Waals surface area contributed by atoms with Gasteiger partial charge in [0.05, 0.1) is 7.11 Å². The van der Waals surface area contributed by atoms with Crippen molar-refractivity contribution in [2.75, 3.05) is 7.11 Å². The topological polar surface area (TPSA) is 21.3 Å². The zero-order valence-electron chi connectivity index (χ0n) is 9.09. The smallest absolute Gasteiger partial charge is 0.124 e. The summed E-state index contributed by atoms with van der Waals surface area (Å²) in [5.41, 5.74) is 1.22. The molecule has 2 unspecified atom stereocenters. The molecule has 1 N–H and O–H groups in total. The van der Waals surface area contributed by atoms with E-state index in [9.17, 15) is 0 Å². The summed E-state index contributed by atoms with van der Waals surface area (Å²) in [6.45, 7) is 3.17. The molecule has 2 rings (SSSR count). The third-order valence-electron chi connectivity index (χ3n) is 2.91. The summed E-state index contributed by atoms with van der Waals surface area (Å²) in [7, 11) is 1.71. The average molecular weight is 270 g/mol. The van der Waals surface area contributed by atoms with Crippen molar-refractivity contribution in [1.82, 2.24) is 5.32 Å². The Balaban J connectivity index is 2.00. The molecule has 15 heavy (non-hydrogen) atoms. The largest absolute Gasteiger partial charge is 0.496 e. The molecular weight excluding hydrogens is 254 g/mol. The maximum atomic E-state index is 5.34. The maximum absolute atomic E-state index is 5.34. The lowest BCUT2D eigenvalue weighted by Crippen LogP contribution is -2.17. The summed E-state index contributed by atoms with van der Waals surface area (Å²) in [6, 6.07) is 6.87. The van der Waals surface area contributed by atoms with Crippen LogP contribution in [0.3, 0.4) is 0 Å². The van der Waals surface area contributed by atoms with Crippen LogP contribution >= 0.6 is 15.9 Å². The van der Waals surface area contributed by atoms with Crippen molar-refractivity contribution in [1.29, 1.82) is 0 Å². The molecular formula is C12H16BrNO. The number of hydrogen-bond acceptors (Lipinski definition) is 2. The van der Waals surface area contributed by atoms with Crippen LogP contribution in [-0.2, 0) is 6.54 Å². The molecule has 0 aliphatic heterocycles. The summed E-state index contributed by atoms with van der Waals surface area (Å²) >= 11 is 3.44. The van der Waals surface area contributed by atoms with E-state index in [-0.39, 0.29) is 0 Å². The predicted octanol–water partition coefficient (Wildman–Crippen LogP) is 2.96. The fraction of sp³-hybridized carbons (Fsp3) is 0.500. The Morgan fingerprint density at radius 1 is 1.53 bits per heavy atom. The number of ether oxygens (including phenoxy) is 1. The van der Waals surface area contributed by atoms with E-state index >= 15 is 0 Å². The summed E-state index contributed by atoms with van der Waals surface area (Å²) in [4.78, 5) is 0. The lowest BCUT2D eigenvalue weighted by atomic mass is 10.2. The van der Waals surface area contributed by atoms with Gasteiger partial charge in [-0.05, 0) is 24.5 Å². The Bertz CT molecular complexity index is 353. The van der Waals surface area contributed by atoms with Crippen LogP contribution in [0.4, 0.5) is 0 Å². The number of benzene rings is 1. The number of rotatable bonds is 4. The zero-order valence-corrected chi connectivity index (χ0v) is 10.7. The van der Waals surface area contributed by atoms with Crippen LogP contribution in [0.15, 0.2) is 22.7 Å². The minimum atomic E-state index is 0.707. The second-order valence-electron chi connectivity index (χ2n) is 4.16. The van der Waals surface area contributed by atoms with Crippen molar-refractivity contribution >= 4 is 15.9 Å². The van der Waals surface area contributed by atoms with E-state index in [2.05, 4.69) is 40.3 Å². The Hall–Kier alpha value is -0.540. The summed E-state index contributed by atoms with van der Waals surface area (Å²) in [5, 5.41) is 3.52. The van der Waals surface area contributed by atoms with Gasteiger partial charge in [0, 0.05) is 22.6 Å².